The minimum absolute atomic E-state index is 0.168. The Balaban J connectivity index is 1.74. The summed E-state index contributed by atoms with van der Waals surface area (Å²) in [6, 6.07) is 11.7. The van der Waals surface area contributed by atoms with Gasteiger partial charge in [-0.2, -0.15) is 4.99 Å². The molecular weight excluding hydrogens is 389 g/mol. The van der Waals surface area contributed by atoms with Crippen LogP contribution < -0.4 is 0 Å². The molecule has 0 amide bonds. The van der Waals surface area contributed by atoms with E-state index in [1.54, 1.807) is 6.07 Å². The third-order valence-corrected chi connectivity index (χ3v) is 6.05. The lowest BCUT2D eigenvalue weighted by Gasteiger charge is -2.28. The summed E-state index contributed by atoms with van der Waals surface area (Å²) in [5, 5.41) is 2.23. The Bertz CT molecular complexity index is 1010. The highest BCUT2D eigenvalue weighted by Gasteiger charge is 2.21. The van der Waals surface area contributed by atoms with Crippen molar-refractivity contribution in [2.45, 2.75) is 58.3 Å². The monoisotopic (exact) mass is 417 g/mol. The summed E-state index contributed by atoms with van der Waals surface area (Å²) in [6.45, 7) is 7.99. The van der Waals surface area contributed by atoms with Crippen LogP contribution >= 0.6 is 12.2 Å². The third-order valence-electron chi connectivity index (χ3n) is 5.96. The molecule has 1 aliphatic carbocycles. The molecule has 0 spiro atoms. The van der Waals surface area contributed by atoms with E-state index in [1.807, 2.05) is 6.92 Å². The number of thiocarbonyl (C=S) groups is 1. The van der Waals surface area contributed by atoms with Crippen molar-refractivity contribution in [1.82, 2.24) is 0 Å². The van der Waals surface area contributed by atoms with Gasteiger partial charge in [0.25, 0.3) is 0 Å². The van der Waals surface area contributed by atoms with Crippen LogP contribution in [0.15, 0.2) is 48.0 Å². The van der Waals surface area contributed by atoms with Gasteiger partial charge in [-0.1, -0.05) is 50.3 Å². The van der Waals surface area contributed by atoms with Crippen molar-refractivity contribution in [3.63, 3.8) is 0 Å². The van der Waals surface area contributed by atoms with E-state index >= 15 is 0 Å². The van der Waals surface area contributed by atoms with Crippen LogP contribution in [0.5, 0.6) is 0 Å². The van der Waals surface area contributed by atoms with Gasteiger partial charge in [0, 0.05) is 16.7 Å². The Kier molecular flexibility index (Phi) is 7.75. The maximum atomic E-state index is 14.4. The fourth-order valence-corrected chi connectivity index (χ4v) is 4.42. The molecule has 0 unspecified atom stereocenters. The number of allylic oxidation sites excluding steroid dienone is 1. The second-order valence-electron chi connectivity index (χ2n) is 8.22. The smallest absolute Gasteiger partial charge is 0.151 e. The predicted molar refractivity (Wildman–Crippen MR) is 128 cm³/mol. The molecular formula is C27H28FNS. The van der Waals surface area contributed by atoms with E-state index in [9.17, 15) is 4.39 Å². The van der Waals surface area contributed by atoms with Gasteiger partial charge in [0.05, 0.1) is 5.16 Å². The molecule has 0 bridgehead atoms. The summed E-state index contributed by atoms with van der Waals surface area (Å²) in [7, 11) is 0. The molecule has 0 radical (unpaired) electrons. The highest BCUT2D eigenvalue weighted by molar-refractivity contribution is 7.78. The first-order valence-corrected chi connectivity index (χ1v) is 11.1. The molecule has 0 aromatic heterocycles. The maximum absolute atomic E-state index is 14.4. The van der Waals surface area contributed by atoms with E-state index < -0.39 is 5.82 Å². The zero-order valence-electron chi connectivity index (χ0n) is 17.8. The van der Waals surface area contributed by atoms with Gasteiger partial charge in [0.2, 0.25) is 0 Å². The fourth-order valence-electron chi connectivity index (χ4n) is 4.33. The Labute approximate surface area is 185 Å². The second-order valence-corrected chi connectivity index (χ2v) is 8.40. The van der Waals surface area contributed by atoms with E-state index in [2.05, 4.69) is 72.0 Å². The quantitative estimate of drug-likeness (QED) is 0.272. The summed E-state index contributed by atoms with van der Waals surface area (Å²) in [5.41, 5.74) is 4.41. The zero-order valence-corrected chi connectivity index (χ0v) is 18.6. The van der Waals surface area contributed by atoms with E-state index in [0.717, 1.165) is 11.5 Å². The number of hydrogen-bond donors (Lipinski definition) is 0. The average molecular weight is 418 g/mol. The van der Waals surface area contributed by atoms with Crippen LogP contribution in [0.3, 0.4) is 0 Å². The average Bonchev–Trinajstić information content (AvgIpc) is 2.75. The lowest BCUT2D eigenvalue weighted by Crippen LogP contribution is -2.13. The summed E-state index contributed by atoms with van der Waals surface area (Å²) in [4.78, 5) is 3.84. The molecule has 1 nitrogen and oxygen atoms in total. The molecule has 3 rings (SSSR count). The molecule has 2 aromatic carbocycles. The van der Waals surface area contributed by atoms with Gasteiger partial charge in [-0.15, -0.1) is 0 Å². The number of benzene rings is 2. The molecule has 2 aromatic rings. The topological polar surface area (TPSA) is 12.4 Å². The van der Waals surface area contributed by atoms with Gasteiger partial charge in [0.15, 0.2) is 5.82 Å². The van der Waals surface area contributed by atoms with Crippen molar-refractivity contribution in [1.29, 1.82) is 0 Å². The molecule has 3 heteroatoms. The van der Waals surface area contributed by atoms with E-state index in [-0.39, 0.29) is 5.69 Å². The highest BCUT2D eigenvalue weighted by Crippen LogP contribution is 2.37. The SMILES string of the molecule is C=C(C)c1cc(C#Cc2ccc(C3CCC(CCC)CC3)cc2)cc(F)c1N=C=S. The van der Waals surface area contributed by atoms with Crippen molar-refractivity contribution in [3.8, 4) is 11.8 Å². The van der Waals surface area contributed by atoms with Crippen molar-refractivity contribution in [2.75, 3.05) is 0 Å². The van der Waals surface area contributed by atoms with Crippen LogP contribution in [0.1, 0.15) is 80.5 Å². The standard InChI is InChI=1S/C27H28FNS/c1-4-5-20-8-12-23(13-9-20)24-14-10-21(11-15-24)6-7-22-16-25(19(2)3)27(29-18-30)26(28)17-22/h10-11,14-17,20,23H,2,4-5,8-9,12-13H2,1,3H3. The highest BCUT2D eigenvalue weighted by atomic mass is 32.1. The predicted octanol–water partition coefficient (Wildman–Crippen LogP) is 8.07. The first-order chi connectivity index (χ1) is 14.5. The molecule has 0 heterocycles. The Morgan fingerprint density at radius 1 is 1.10 bits per heavy atom. The molecule has 30 heavy (non-hydrogen) atoms. The van der Waals surface area contributed by atoms with Crippen LogP contribution in [0.4, 0.5) is 10.1 Å². The minimum atomic E-state index is -0.467. The van der Waals surface area contributed by atoms with Gasteiger partial charge >= 0.3 is 0 Å². The van der Waals surface area contributed by atoms with Crippen LogP contribution in [-0.4, -0.2) is 5.16 Å². The number of rotatable bonds is 5. The fraction of sp³-hybridized carbons (Fsp3) is 0.370. The Morgan fingerprint density at radius 2 is 1.77 bits per heavy atom. The van der Waals surface area contributed by atoms with Crippen LogP contribution in [0, 0.1) is 23.6 Å². The van der Waals surface area contributed by atoms with Crippen molar-refractivity contribution in [3.05, 3.63) is 71.0 Å². The normalized spacial score (nSPS) is 18.1. The van der Waals surface area contributed by atoms with Gasteiger partial charge in [0.1, 0.15) is 5.69 Å². The Morgan fingerprint density at radius 3 is 2.37 bits per heavy atom. The summed E-state index contributed by atoms with van der Waals surface area (Å²) < 4.78 is 14.4. The number of isothiocyanates is 1. The molecule has 0 N–H and O–H groups in total. The summed E-state index contributed by atoms with van der Waals surface area (Å²) in [6.07, 6.45) is 7.93. The number of hydrogen-bond acceptors (Lipinski definition) is 2. The maximum Gasteiger partial charge on any atom is 0.151 e. The molecule has 0 atom stereocenters. The number of halogens is 1. The molecule has 0 aliphatic heterocycles. The lowest BCUT2D eigenvalue weighted by atomic mass is 9.77. The van der Waals surface area contributed by atoms with Crippen LogP contribution in [-0.2, 0) is 0 Å². The molecule has 0 saturated heterocycles. The van der Waals surface area contributed by atoms with Gasteiger partial charge in [-0.25, -0.2) is 4.39 Å². The second kappa shape index (κ2) is 10.5. The van der Waals surface area contributed by atoms with Crippen LogP contribution in [0.2, 0.25) is 0 Å². The largest absolute Gasteiger partial charge is 0.205 e. The van der Waals surface area contributed by atoms with E-state index in [0.29, 0.717) is 22.6 Å². The first kappa shape index (κ1) is 22.2. The first-order valence-electron chi connectivity index (χ1n) is 10.7. The van der Waals surface area contributed by atoms with Gasteiger partial charge in [-0.05, 0) is 92.1 Å². The summed E-state index contributed by atoms with van der Waals surface area (Å²) in [5.74, 6) is 7.33. The Hall–Kier alpha value is -2.53. The minimum Gasteiger partial charge on any atom is -0.205 e. The van der Waals surface area contributed by atoms with E-state index in [1.165, 1.54) is 50.2 Å². The van der Waals surface area contributed by atoms with Crippen molar-refractivity contribution >= 4 is 28.6 Å². The molecule has 1 aliphatic rings. The number of aliphatic imine (C=N–C) groups is 1. The van der Waals surface area contributed by atoms with Crippen molar-refractivity contribution in [2.24, 2.45) is 10.9 Å². The van der Waals surface area contributed by atoms with Gasteiger partial charge in [-0.3, -0.25) is 0 Å². The van der Waals surface area contributed by atoms with Gasteiger partial charge < -0.3 is 0 Å². The number of nitrogens with zero attached hydrogens (tertiary/aromatic N) is 1. The lowest BCUT2D eigenvalue weighted by molar-refractivity contribution is 0.308. The van der Waals surface area contributed by atoms with E-state index in [4.69, 9.17) is 0 Å². The third kappa shape index (κ3) is 5.54. The van der Waals surface area contributed by atoms with Crippen LogP contribution in [0.25, 0.3) is 5.57 Å². The zero-order chi connectivity index (χ0) is 21.5. The molecule has 154 valence electrons. The molecule has 1 fully saturated rings. The molecule has 1 saturated carbocycles. The summed E-state index contributed by atoms with van der Waals surface area (Å²) >= 11 is 4.62. The van der Waals surface area contributed by atoms with Crippen molar-refractivity contribution < 1.29 is 4.39 Å².